The molecule has 2 heterocycles. The smallest absolute Gasteiger partial charge is 0.360 e. The number of fused-ring (bicyclic) bond motifs is 1. The van der Waals surface area contributed by atoms with Crippen molar-refractivity contribution in [1.82, 2.24) is 9.97 Å². The standard InChI is InChI=1S/C14H9FN2O4/c1-20-14(19)10-11(18)12-9(6-16-10)17-13(21-12)7-2-4-8(15)5-3-7/h2-6,18H,1H3. The molecule has 0 bridgehead atoms. The van der Waals surface area contributed by atoms with E-state index in [1.54, 1.807) is 0 Å². The Morgan fingerprint density at radius 3 is 2.71 bits per heavy atom. The molecule has 3 aromatic rings. The number of esters is 1. The maximum atomic E-state index is 12.9. The highest BCUT2D eigenvalue weighted by Gasteiger charge is 2.20. The Labute approximate surface area is 117 Å². The Bertz CT molecular complexity index is 827. The fourth-order valence-electron chi connectivity index (χ4n) is 1.85. The van der Waals surface area contributed by atoms with Crippen LogP contribution in [0.4, 0.5) is 4.39 Å². The van der Waals surface area contributed by atoms with E-state index in [0.717, 1.165) is 0 Å². The lowest BCUT2D eigenvalue weighted by Gasteiger charge is -2.00. The topological polar surface area (TPSA) is 85.5 Å². The van der Waals surface area contributed by atoms with Crippen LogP contribution in [-0.2, 0) is 4.74 Å². The van der Waals surface area contributed by atoms with Crippen molar-refractivity contribution < 1.29 is 23.4 Å². The van der Waals surface area contributed by atoms with Gasteiger partial charge in [-0.25, -0.2) is 19.2 Å². The molecule has 0 aliphatic carbocycles. The van der Waals surface area contributed by atoms with E-state index in [0.29, 0.717) is 5.56 Å². The fraction of sp³-hybridized carbons (Fsp3) is 0.0714. The Hall–Kier alpha value is -2.96. The third-order valence-corrected chi connectivity index (χ3v) is 2.88. The lowest BCUT2D eigenvalue weighted by molar-refractivity contribution is 0.0590. The van der Waals surface area contributed by atoms with Crippen LogP contribution in [0.2, 0.25) is 0 Å². The average molecular weight is 288 g/mol. The highest BCUT2D eigenvalue weighted by molar-refractivity contribution is 5.96. The van der Waals surface area contributed by atoms with E-state index < -0.39 is 11.7 Å². The molecule has 0 saturated carbocycles. The number of ether oxygens (including phenoxy) is 1. The van der Waals surface area contributed by atoms with Crippen molar-refractivity contribution in [3.8, 4) is 17.2 Å². The normalized spacial score (nSPS) is 10.8. The maximum Gasteiger partial charge on any atom is 0.360 e. The molecule has 0 saturated heterocycles. The zero-order valence-electron chi connectivity index (χ0n) is 10.8. The van der Waals surface area contributed by atoms with Crippen LogP contribution in [0.15, 0.2) is 34.9 Å². The van der Waals surface area contributed by atoms with Gasteiger partial charge in [0, 0.05) is 5.56 Å². The van der Waals surface area contributed by atoms with Gasteiger partial charge < -0.3 is 14.3 Å². The van der Waals surface area contributed by atoms with E-state index in [2.05, 4.69) is 14.7 Å². The molecule has 7 heteroatoms. The van der Waals surface area contributed by atoms with Gasteiger partial charge >= 0.3 is 5.97 Å². The quantitative estimate of drug-likeness (QED) is 0.729. The number of nitrogens with zero attached hydrogens (tertiary/aromatic N) is 2. The van der Waals surface area contributed by atoms with Crippen LogP contribution in [-0.4, -0.2) is 28.2 Å². The van der Waals surface area contributed by atoms with E-state index in [4.69, 9.17) is 4.42 Å². The highest BCUT2D eigenvalue weighted by atomic mass is 19.1. The number of methoxy groups -OCH3 is 1. The van der Waals surface area contributed by atoms with Crippen molar-refractivity contribution in [2.45, 2.75) is 0 Å². The number of benzene rings is 1. The number of rotatable bonds is 2. The van der Waals surface area contributed by atoms with Gasteiger partial charge in [-0.05, 0) is 24.3 Å². The van der Waals surface area contributed by atoms with Gasteiger partial charge in [-0.15, -0.1) is 0 Å². The molecule has 0 spiro atoms. The van der Waals surface area contributed by atoms with Crippen molar-refractivity contribution in [2.24, 2.45) is 0 Å². The van der Waals surface area contributed by atoms with E-state index in [9.17, 15) is 14.3 Å². The summed E-state index contributed by atoms with van der Waals surface area (Å²) < 4.78 is 22.8. The lowest BCUT2D eigenvalue weighted by atomic mass is 10.2. The van der Waals surface area contributed by atoms with Gasteiger partial charge in [0.1, 0.15) is 11.3 Å². The molecule has 21 heavy (non-hydrogen) atoms. The number of hydrogen-bond acceptors (Lipinski definition) is 6. The van der Waals surface area contributed by atoms with Crippen molar-refractivity contribution >= 4 is 17.1 Å². The number of hydrogen-bond donors (Lipinski definition) is 1. The Kier molecular flexibility index (Phi) is 3.02. The van der Waals surface area contributed by atoms with Gasteiger partial charge in [-0.1, -0.05) is 0 Å². The lowest BCUT2D eigenvalue weighted by Crippen LogP contribution is -2.04. The van der Waals surface area contributed by atoms with E-state index in [1.165, 1.54) is 37.6 Å². The first-order valence-corrected chi connectivity index (χ1v) is 5.93. The summed E-state index contributed by atoms with van der Waals surface area (Å²) >= 11 is 0. The second-order valence-electron chi connectivity index (χ2n) is 4.19. The third-order valence-electron chi connectivity index (χ3n) is 2.88. The van der Waals surface area contributed by atoms with Gasteiger partial charge in [-0.3, -0.25) is 0 Å². The SMILES string of the molecule is COC(=O)c1ncc2nc(-c3ccc(F)cc3)oc2c1O. The van der Waals surface area contributed by atoms with E-state index in [1.807, 2.05) is 0 Å². The molecule has 0 aliphatic heterocycles. The van der Waals surface area contributed by atoms with Crippen LogP contribution < -0.4 is 0 Å². The van der Waals surface area contributed by atoms with E-state index >= 15 is 0 Å². The first kappa shape index (κ1) is 13.0. The van der Waals surface area contributed by atoms with Gasteiger partial charge in [-0.2, -0.15) is 0 Å². The van der Waals surface area contributed by atoms with Crippen molar-refractivity contribution in [2.75, 3.05) is 7.11 Å². The second-order valence-corrected chi connectivity index (χ2v) is 4.19. The molecule has 1 N–H and O–H groups in total. The summed E-state index contributed by atoms with van der Waals surface area (Å²) in [5.41, 5.74) is 0.572. The molecule has 106 valence electrons. The zero-order chi connectivity index (χ0) is 15.0. The van der Waals surface area contributed by atoms with Crippen LogP contribution in [0.25, 0.3) is 22.6 Å². The molecule has 0 fully saturated rings. The summed E-state index contributed by atoms with van der Waals surface area (Å²) in [6, 6.07) is 5.52. The molecule has 2 aromatic heterocycles. The molecule has 0 amide bonds. The third kappa shape index (κ3) is 2.18. The van der Waals surface area contributed by atoms with Crippen LogP contribution in [0.3, 0.4) is 0 Å². The fourth-order valence-corrected chi connectivity index (χ4v) is 1.85. The summed E-state index contributed by atoms with van der Waals surface area (Å²) in [6.07, 6.45) is 1.29. The summed E-state index contributed by atoms with van der Waals surface area (Å²) in [4.78, 5) is 19.4. The molecule has 0 aliphatic rings. The molecule has 6 nitrogen and oxygen atoms in total. The predicted molar refractivity (Wildman–Crippen MR) is 70.2 cm³/mol. The maximum absolute atomic E-state index is 12.9. The number of carbonyl (C=O) groups is 1. The first-order chi connectivity index (χ1) is 10.1. The monoisotopic (exact) mass is 288 g/mol. The minimum atomic E-state index is -0.783. The van der Waals surface area contributed by atoms with Gasteiger partial charge in [0.15, 0.2) is 11.4 Å². The van der Waals surface area contributed by atoms with Gasteiger partial charge in [0.25, 0.3) is 0 Å². The second kappa shape index (κ2) is 4.86. The number of aromatic hydroxyl groups is 1. The molecular weight excluding hydrogens is 279 g/mol. The number of carbonyl (C=O) groups excluding carboxylic acids is 1. The van der Waals surface area contributed by atoms with Crippen LogP contribution in [0.5, 0.6) is 5.75 Å². The van der Waals surface area contributed by atoms with Gasteiger partial charge in [0.05, 0.1) is 13.3 Å². The molecule has 0 unspecified atom stereocenters. The highest BCUT2D eigenvalue weighted by Crippen LogP contribution is 2.31. The number of aromatic nitrogens is 2. The van der Waals surface area contributed by atoms with Crippen molar-refractivity contribution in [3.05, 3.63) is 42.0 Å². The summed E-state index contributed by atoms with van der Waals surface area (Å²) in [5.74, 6) is -1.43. The van der Waals surface area contributed by atoms with Crippen molar-refractivity contribution in [1.29, 1.82) is 0 Å². The van der Waals surface area contributed by atoms with Crippen molar-refractivity contribution in [3.63, 3.8) is 0 Å². The average Bonchev–Trinajstić information content (AvgIpc) is 2.92. The number of halogens is 1. The molecule has 1 aromatic carbocycles. The van der Waals surface area contributed by atoms with Crippen LogP contribution in [0, 0.1) is 5.82 Å². The first-order valence-electron chi connectivity index (χ1n) is 5.93. The largest absolute Gasteiger partial charge is 0.503 e. The molecule has 0 atom stereocenters. The predicted octanol–water partition coefficient (Wildman–Crippen LogP) is 2.52. The Morgan fingerprint density at radius 1 is 1.33 bits per heavy atom. The zero-order valence-corrected chi connectivity index (χ0v) is 10.8. The Morgan fingerprint density at radius 2 is 2.05 bits per heavy atom. The minimum Gasteiger partial charge on any atom is -0.503 e. The summed E-state index contributed by atoms with van der Waals surface area (Å²) in [7, 11) is 1.18. The van der Waals surface area contributed by atoms with Crippen LogP contribution in [0.1, 0.15) is 10.5 Å². The van der Waals surface area contributed by atoms with Gasteiger partial charge in [0.2, 0.25) is 11.5 Å². The molecule has 3 rings (SSSR count). The number of pyridine rings is 1. The summed E-state index contributed by atoms with van der Waals surface area (Å²) in [6.45, 7) is 0. The Balaban J connectivity index is 2.14. The van der Waals surface area contributed by atoms with E-state index in [-0.39, 0.29) is 28.5 Å². The summed E-state index contributed by atoms with van der Waals surface area (Å²) in [5, 5.41) is 10.00. The molecule has 0 radical (unpaired) electrons. The minimum absolute atomic E-state index is 0.0183. The molecular formula is C14H9FN2O4. The number of oxazole rings is 1. The van der Waals surface area contributed by atoms with Crippen LogP contribution >= 0.6 is 0 Å².